The fourth-order valence-corrected chi connectivity index (χ4v) is 8.03. The van der Waals surface area contributed by atoms with Gasteiger partial charge < -0.3 is 9.52 Å². The van der Waals surface area contributed by atoms with Crippen LogP contribution < -0.4 is 5.76 Å². The molecule has 2 heterocycles. The molecule has 198 valence electrons. The lowest BCUT2D eigenvalue weighted by Gasteiger charge is -2.49. The highest BCUT2D eigenvalue weighted by Crippen LogP contribution is 2.54. The van der Waals surface area contributed by atoms with E-state index < -0.39 is 43.7 Å². The highest BCUT2D eigenvalue weighted by molar-refractivity contribution is 7.89. The Hall–Kier alpha value is -2.89. The van der Waals surface area contributed by atoms with Crippen molar-refractivity contribution in [1.29, 1.82) is 0 Å². The summed E-state index contributed by atoms with van der Waals surface area (Å²) < 4.78 is 65.6. The minimum absolute atomic E-state index is 0.0219. The molecule has 1 N–H and O–H groups in total. The number of hydrogen-bond donors (Lipinski definition) is 1. The average molecular weight is 534 g/mol. The zero-order valence-electron chi connectivity index (χ0n) is 20.8. The Morgan fingerprint density at radius 2 is 1.81 bits per heavy atom. The van der Waals surface area contributed by atoms with Gasteiger partial charge in [0, 0.05) is 30.8 Å². The zero-order valence-corrected chi connectivity index (χ0v) is 21.6. The van der Waals surface area contributed by atoms with Gasteiger partial charge in [0.15, 0.2) is 0 Å². The Morgan fingerprint density at radius 3 is 2.41 bits per heavy atom. The molecule has 1 saturated heterocycles. The van der Waals surface area contributed by atoms with E-state index in [0.29, 0.717) is 18.4 Å². The molecule has 1 saturated carbocycles. The second-order valence-electron chi connectivity index (χ2n) is 10.6. The predicted molar refractivity (Wildman–Crippen MR) is 131 cm³/mol. The summed E-state index contributed by atoms with van der Waals surface area (Å²) in [6.45, 7) is 3.00. The van der Waals surface area contributed by atoms with Crippen molar-refractivity contribution in [2.75, 3.05) is 0 Å². The van der Waals surface area contributed by atoms with Crippen LogP contribution in [0.15, 0.2) is 51.7 Å². The van der Waals surface area contributed by atoms with Gasteiger partial charge in [-0.25, -0.2) is 22.0 Å². The third-order valence-corrected chi connectivity index (χ3v) is 10.0. The maximum Gasteiger partial charge on any atom is 0.436 e. The molecule has 0 spiro atoms. The molecule has 1 aliphatic carbocycles. The molecule has 0 amide bonds. The highest BCUT2D eigenvalue weighted by Gasteiger charge is 2.58. The maximum absolute atomic E-state index is 15.6. The second-order valence-corrected chi connectivity index (χ2v) is 12.6. The first kappa shape index (κ1) is 25.7. The molecule has 2 fully saturated rings. The molecule has 0 radical (unpaired) electrons. The van der Waals surface area contributed by atoms with Crippen LogP contribution >= 0.6 is 0 Å². The molecule has 2 aromatic carbocycles. The van der Waals surface area contributed by atoms with Crippen LogP contribution in [0.5, 0.6) is 0 Å². The molecule has 1 aromatic heterocycles. The largest absolute Gasteiger partial charge is 0.436 e. The van der Waals surface area contributed by atoms with Gasteiger partial charge in [0.25, 0.3) is 0 Å². The highest BCUT2D eigenvalue weighted by atomic mass is 32.2. The van der Waals surface area contributed by atoms with E-state index in [4.69, 9.17) is 4.42 Å². The van der Waals surface area contributed by atoms with Gasteiger partial charge in [0.1, 0.15) is 16.9 Å². The summed E-state index contributed by atoms with van der Waals surface area (Å²) in [6.07, 6.45) is 0.979. The zero-order chi connectivity index (χ0) is 26.8. The third kappa shape index (κ3) is 4.32. The van der Waals surface area contributed by atoms with E-state index in [1.165, 1.54) is 11.4 Å². The van der Waals surface area contributed by atoms with Gasteiger partial charge in [0.2, 0.25) is 15.9 Å². The fourth-order valence-electron chi connectivity index (χ4n) is 5.84. The SMILES string of the molecule is C[C@H]1CC[C@H](c2ccccc2)S(=O)(=O)N1Cc1cc(F)c([C@]2(c3nn(C)c(=O)o3)C[C@](C)(O)C2)cc1F. The molecule has 11 heteroatoms. The van der Waals surface area contributed by atoms with Gasteiger partial charge in [-0.15, -0.1) is 5.10 Å². The van der Waals surface area contributed by atoms with Crippen molar-refractivity contribution < 1.29 is 26.7 Å². The van der Waals surface area contributed by atoms with Crippen molar-refractivity contribution in [3.63, 3.8) is 0 Å². The van der Waals surface area contributed by atoms with E-state index in [0.717, 1.165) is 16.8 Å². The van der Waals surface area contributed by atoms with Gasteiger partial charge in [-0.3, -0.25) is 0 Å². The average Bonchev–Trinajstić information content (AvgIpc) is 3.15. The number of rotatable bonds is 5. The van der Waals surface area contributed by atoms with Crippen LogP contribution in [0.3, 0.4) is 0 Å². The first-order chi connectivity index (χ1) is 17.3. The number of nitrogens with zero attached hydrogens (tertiary/aromatic N) is 3. The summed E-state index contributed by atoms with van der Waals surface area (Å²) in [5.41, 5.74) is -2.04. The molecule has 5 rings (SSSR count). The molecule has 8 nitrogen and oxygen atoms in total. The van der Waals surface area contributed by atoms with E-state index in [1.807, 2.05) is 6.07 Å². The van der Waals surface area contributed by atoms with E-state index in [1.54, 1.807) is 38.1 Å². The molecule has 37 heavy (non-hydrogen) atoms. The summed E-state index contributed by atoms with van der Waals surface area (Å²) in [6, 6.07) is 10.5. The standard InChI is InChI=1S/C26H29F2N3O5S/c1-16-9-10-22(17-7-5-4-6-8-17)37(34,35)31(16)13-18-11-21(28)19(12-20(18)27)26(14-25(2,33)15-26)23-29-30(3)24(32)36-23/h4-8,11-12,16,22,33H,9-10,13-15H2,1-3H3/t16-,22+,25-,26-/m0/s1. The van der Waals surface area contributed by atoms with Crippen LogP contribution in [0.25, 0.3) is 0 Å². The van der Waals surface area contributed by atoms with Crippen LogP contribution in [-0.2, 0) is 29.0 Å². The minimum Gasteiger partial charge on any atom is -0.391 e. The summed E-state index contributed by atoms with van der Waals surface area (Å²) in [4.78, 5) is 11.9. The van der Waals surface area contributed by atoms with Gasteiger partial charge in [0.05, 0.1) is 11.0 Å². The summed E-state index contributed by atoms with van der Waals surface area (Å²) in [5, 5.41) is 13.7. The Balaban J connectivity index is 1.50. The Morgan fingerprint density at radius 1 is 1.14 bits per heavy atom. The maximum atomic E-state index is 15.6. The molecule has 3 aromatic rings. The number of aryl methyl sites for hydroxylation is 1. The lowest BCUT2D eigenvalue weighted by atomic mass is 9.56. The molecule has 0 bridgehead atoms. The summed E-state index contributed by atoms with van der Waals surface area (Å²) in [5.74, 6) is -2.43. The van der Waals surface area contributed by atoms with Crippen molar-refractivity contribution >= 4 is 10.0 Å². The van der Waals surface area contributed by atoms with Crippen LogP contribution in [0.1, 0.15) is 67.4 Å². The molecule has 2 atom stereocenters. The minimum atomic E-state index is -3.84. The molecule has 1 aliphatic heterocycles. The van der Waals surface area contributed by atoms with E-state index >= 15 is 8.78 Å². The van der Waals surface area contributed by atoms with Gasteiger partial charge in [-0.2, -0.15) is 8.99 Å². The Kier molecular flexibility index (Phi) is 6.16. The Bertz CT molecular complexity index is 1490. The van der Waals surface area contributed by atoms with E-state index in [-0.39, 0.29) is 42.4 Å². The fraction of sp³-hybridized carbons (Fsp3) is 0.462. The number of aromatic nitrogens is 2. The van der Waals surface area contributed by atoms with E-state index in [9.17, 15) is 18.3 Å². The van der Waals surface area contributed by atoms with Crippen LogP contribution in [0.2, 0.25) is 0 Å². The van der Waals surface area contributed by atoms with Gasteiger partial charge >= 0.3 is 5.76 Å². The van der Waals surface area contributed by atoms with E-state index in [2.05, 4.69) is 5.10 Å². The van der Waals surface area contributed by atoms with Crippen molar-refractivity contribution in [3.05, 3.63) is 87.2 Å². The third-order valence-electron chi connectivity index (χ3n) is 7.64. The van der Waals surface area contributed by atoms with Crippen LogP contribution in [0, 0.1) is 11.6 Å². The molecular formula is C26H29F2N3O5S. The number of halogens is 2. The smallest absolute Gasteiger partial charge is 0.391 e. The molecule has 2 aliphatic rings. The normalized spacial score (nSPS) is 29.7. The summed E-state index contributed by atoms with van der Waals surface area (Å²) >= 11 is 0. The number of benzene rings is 2. The predicted octanol–water partition coefficient (Wildman–Crippen LogP) is 3.54. The second kappa shape index (κ2) is 8.85. The van der Waals surface area contributed by atoms with Crippen LogP contribution in [-0.4, -0.2) is 39.3 Å². The first-order valence-corrected chi connectivity index (χ1v) is 13.7. The lowest BCUT2D eigenvalue weighted by molar-refractivity contribution is -0.0705. The van der Waals surface area contributed by atoms with Gasteiger partial charge in [-0.1, -0.05) is 30.3 Å². The first-order valence-electron chi connectivity index (χ1n) is 12.2. The molecular weight excluding hydrogens is 504 g/mol. The quantitative estimate of drug-likeness (QED) is 0.538. The molecule has 0 unspecified atom stereocenters. The van der Waals surface area contributed by atoms with Crippen molar-refractivity contribution in [1.82, 2.24) is 14.1 Å². The monoisotopic (exact) mass is 533 g/mol. The lowest BCUT2D eigenvalue weighted by Crippen LogP contribution is -2.54. The summed E-state index contributed by atoms with van der Waals surface area (Å²) in [7, 11) is -2.46. The van der Waals surface area contributed by atoms with Crippen molar-refractivity contribution in [2.45, 2.75) is 68.4 Å². The topological polar surface area (TPSA) is 106 Å². The number of hydrogen-bond acceptors (Lipinski definition) is 6. The number of aliphatic hydroxyl groups is 1. The van der Waals surface area contributed by atoms with Crippen LogP contribution in [0.4, 0.5) is 8.78 Å². The van der Waals surface area contributed by atoms with Crippen molar-refractivity contribution in [2.24, 2.45) is 7.05 Å². The number of sulfonamides is 1. The Labute approximate surface area is 213 Å². The van der Waals surface area contributed by atoms with Crippen molar-refractivity contribution in [3.8, 4) is 0 Å². The van der Waals surface area contributed by atoms with Gasteiger partial charge in [-0.05, 0) is 57.2 Å².